The maximum Gasteiger partial charge on any atom is 0.247 e. The van der Waals surface area contributed by atoms with Crippen LogP contribution in [0.4, 0.5) is 5.69 Å². The van der Waals surface area contributed by atoms with E-state index in [9.17, 15) is 4.79 Å². The minimum absolute atomic E-state index is 0.219. The SMILES string of the molecule is C=CC(=O)Nc1cccc(/C(C=C)=C/N(C)C)c1. The summed E-state index contributed by atoms with van der Waals surface area (Å²) in [7, 11) is 3.90. The largest absolute Gasteiger partial charge is 0.383 e. The lowest BCUT2D eigenvalue weighted by molar-refractivity contribution is -0.111. The van der Waals surface area contributed by atoms with Crippen LogP contribution >= 0.6 is 0 Å². The van der Waals surface area contributed by atoms with Crippen LogP contribution in [0.1, 0.15) is 5.56 Å². The predicted octanol–water partition coefficient (Wildman–Crippen LogP) is 2.90. The maximum atomic E-state index is 11.2. The molecule has 0 radical (unpaired) electrons. The summed E-state index contributed by atoms with van der Waals surface area (Å²) in [5, 5.41) is 2.73. The van der Waals surface area contributed by atoms with Crippen LogP contribution in [-0.4, -0.2) is 24.9 Å². The molecule has 3 heteroatoms. The van der Waals surface area contributed by atoms with Gasteiger partial charge in [-0.1, -0.05) is 31.4 Å². The van der Waals surface area contributed by atoms with Crippen molar-refractivity contribution >= 4 is 17.2 Å². The van der Waals surface area contributed by atoms with E-state index in [1.54, 1.807) is 6.08 Å². The molecule has 1 N–H and O–H groups in total. The van der Waals surface area contributed by atoms with Crippen LogP contribution in [0.25, 0.3) is 5.57 Å². The zero-order valence-electron chi connectivity index (χ0n) is 10.8. The molecule has 1 aromatic rings. The minimum Gasteiger partial charge on any atom is -0.383 e. The van der Waals surface area contributed by atoms with E-state index in [1.807, 2.05) is 49.5 Å². The number of hydrogen-bond donors (Lipinski definition) is 1. The van der Waals surface area contributed by atoms with Crippen molar-refractivity contribution in [1.29, 1.82) is 0 Å². The van der Waals surface area contributed by atoms with Crippen molar-refractivity contribution in [3.63, 3.8) is 0 Å². The Morgan fingerprint density at radius 3 is 2.56 bits per heavy atom. The van der Waals surface area contributed by atoms with E-state index in [1.165, 1.54) is 6.08 Å². The van der Waals surface area contributed by atoms with E-state index in [-0.39, 0.29) is 5.91 Å². The molecule has 0 unspecified atom stereocenters. The number of benzene rings is 1. The molecule has 0 atom stereocenters. The fourth-order valence-electron chi connectivity index (χ4n) is 1.49. The van der Waals surface area contributed by atoms with E-state index in [0.717, 1.165) is 16.8 Å². The van der Waals surface area contributed by atoms with Crippen LogP contribution in [0.2, 0.25) is 0 Å². The maximum absolute atomic E-state index is 11.2. The Morgan fingerprint density at radius 1 is 1.28 bits per heavy atom. The first-order valence-corrected chi connectivity index (χ1v) is 5.61. The summed E-state index contributed by atoms with van der Waals surface area (Å²) in [5.74, 6) is -0.219. The van der Waals surface area contributed by atoms with Gasteiger partial charge in [0.2, 0.25) is 5.91 Å². The molecule has 3 nitrogen and oxygen atoms in total. The van der Waals surface area contributed by atoms with Crippen molar-refractivity contribution in [3.8, 4) is 0 Å². The molecular weight excluding hydrogens is 224 g/mol. The molecule has 0 heterocycles. The van der Waals surface area contributed by atoms with Crippen LogP contribution in [0.3, 0.4) is 0 Å². The predicted molar refractivity (Wildman–Crippen MR) is 77.1 cm³/mol. The van der Waals surface area contributed by atoms with Crippen LogP contribution < -0.4 is 5.32 Å². The molecule has 0 bridgehead atoms. The lowest BCUT2D eigenvalue weighted by Crippen LogP contribution is -2.07. The highest BCUT2D eigenvalue weighted by Crippen LogP contribution is 2.19. The molecule has 0 saturated heterocycles. The van der Waals surface area contributed by atoms with Crippen molar-refractivity contribution < 1.29 is 4.79 Å². The molecule has 18 heavy (non-hydrogen) atoms. The van der Waals surface area contributed by atoms with Gasteiger partial charge in [-0.3, -0.25) is 4.79 Å². The van der Waals surface area contributed by atoms with E-state index < -0.39 is 0 Å². The molecular formula is C15H18N2O. The average molecular weight is 242 g/mol. The third-order valence-electron chi connectivity index (χ3n) is 2.27. The van der Waals surface area contributed by atoms with Crippen LogP contribution in [0.5, 0.6) is 0 Å². The molecule has 1 amide bonds. The second-order valence-corrected chi connectivity index (χ2v) is 4.03. The number of carbonyl (C=O) groups is 1. The second kappa shape index (κ2) is 6.45. The highest BCUT2D eigenvalue weighted by Gasteiger charge is 2.01. The Labute approximate surface area is 108 Å². The Hall–Kier alpha value is -2.29. The fourth-order valence-corrected chi connectivity index (χ4v) is 1.49. The van der Waals surface area contributed by atoms with Crippen molar-refractivity contribution in [1.82, 2.24) is 4.90 Å². The van der Waals surface area contributed by atoms with Crippen molar-refractivity contribution in [2.75, 3.05) is 19.4 Å². The number of amides is 1. The molecule has 0 aliphatic heterocycles. The lowest BCUT2D eigenvalue weighted by atomic mass is 10.1. The van der Waals surface area contributed by atoms with Crippen molar-refractivity contribution in [3.05, 3.63) is 61.3 Å². The van der Waals surface area contributed by atoms with Gasteiger partial charge in [0.05, 0.1) is 0 Å². The quantitative estimate of drug-likeness (QED) is 0.636. The first-order valence-electron chi connectivity index (χ1n) is 5.61. The van der Waals surface area contributed by atoms with E-state index >= 15 is 0 Å². The number of carbonyl (C=O) groups excluding carboxylic acids is 1. The zero-order chi connectivity index (χ0) is 13.5. The number of anilines is 1. The molecule has 0 spiro atoms. The molecule has 0 aliphatic carbocycles. The Bertz CT molecular complexity index is 487. The van der Waals surface area contributed by atoms with Gasteiger partial charge in [-0.15, -0.1) is 0 Å². The number of nitrogens with one attached hydrogen (secondary N) is 1. The van der Waals surface area contributed by atoms with E-state index in [4.69, 9.17) is 0 Å². The summed E-state index contributed by atoms with van der Waals surface area (Å²) in [5.41, 5.74) is 2.74. The van der Waals surface area contributed by atoms with Crippen molar-refractivity contribution in [2.45, 2.75) is 0 Å². The number of nitrogens with zero attached hydrogens (tertiary/aromatic N) is 1. The Kier molecular flexibility index (Phi) is 4.93. The highest BCUT2D eigenvalue weighted by atomic mass is 16.1. The zero-order valence-corrected chi connectivity index (χ0v) is 10.8. The van der Waals surface area contributed by atoms with Gasteiger partial charge in [-0.2, -0.15) is 0 Å². The van der Waals surface area contributed by atoms with Gasteiger partial charge < -0.3 is 10.2 Å². The van der Waals surface area contributed by atoms with Gasteiger partial charge in [0.25, 0.3) is 0 Å². The Morgan fingerprint density at radius 2 is 2.00 bits per heavy atom. The topological polar surface area (TPSA) is 32.3 Å². The van der Waals surface area contributed by atoms with Crippen molar-refractivity contribution in [2.24, 2.45) is 0 Å². The van der Waals surface area contributed by atoms with Gasteiger partial charge in [-0.25, -0.2) is 0 Å². The molecule has 94 valence electrons. The minimum atomic E-state index is -0.219. The summed E-state index contributed by atoms with van der Waals surface area (Å²) in [6, 6.07) is 7.60. The third-order valence-corrected chi connectivity index (χ3v) is 2.27. The van der Waals surface area contributed by atoms with Gasteiger partial charge in [-0.05, 0) is 29.3 Å². The fraction of sp³-hybridized carbons (Fsp3) is 0.133. The molecule has 1 rings (SSSR count). The summed E-state index contributed by atoms with van der Waals surface area (Å²) in [6.45, 7) is 7.22. The molecule has 0 aliphatic rings. The van der Waals surface area contributed by atoms with Gasteiger partial charge in [0, 0.05) is 26.0 Å². The third kappa shape index (κ3) is 3.94. The first kappa shape index (κ1) is 13.8. The summed E-state index contributed by atoms with van der Waals surface area (Å²) in [4.78, 5) is 13.2. The summed E-state index contributed by atoms with van der Waals surface area (Å²) < 4.78 is 0. The molecule has 1 aromatic carbocycles. The van der Waals surface area contributed by atoms with Gasteiger partial charge >= 0.3 is 0 Å². The van der Waals surface area contributed by atoms with Crippen LogP contribution in [0, 0.1) is 0 Å². The van der Waals surface area contributed by atoms with E-state index in [0.29, 0.717) is 0 Å². The molecule has 0 fully saturated rings. The second-order valence-electron chi connectivity index (χ2n) is 4.03. The van der Waals surface area contributed by atoms with Crippen LogP contribution in [0.15, 0.2) is 55.8 Å². The van der Waals surface area contributed by atoms with Gasteiger partial charge in [0.15, 0.2) is 0 Å². The standard InChI is InChI=1S/C15H18N2O/c1-5-12(11-17(3)4)13-8-7-9-14(10-13)16-15(18)6-2/h5-11H,1-2H2,3-4H3,(H,16,18)/b12-11+. The number of allylic oxidation sites excluding steroid dienone is 2. The Balaban J connectivity index is 3.03. The summed E-state index contributed by atoms with van der Waals surface area (Å²) >= 11 is 0. The first-order chi connectivity index (χ1) is 8.56. The number of rotatable bonds is 5. The lowest BCUT2D eigenvalue weighted by Gasteiger charge is -2.10. The van der Waals surface area contributed by atoms with Gasteiger partial charge in [0.1, 0.15) is 0 Å². The highest BCUT2D eigenvalue weighted by molar-refractivity contribution is 5.99. The average Bonchev–Trinajstić information content (AvgIpc) is 2.35. The smallest absolute Gasteiger partial charge is 0.247 e. The molecule has 0 aromatic heterocycles. The molecule has 0 saturated carbocycles. The normalized spacial score (nSPS) is 10.7. The summed E-state index contributed by atoms with van der Waals surface area (Å²) in [6.07, 6.45) is 5.01. The van der Waals surface area contributed by atoms with E-state index in [2.05, 4.69) is 18.5 Å². The monoisotopic (exact) mass is 242 g/mol. The van der Waals surface area contributed by atoms with Crippen LogP contribution in [-0.2, 0) is 4.79 Å². The number of hydrogen-bond acceptors (Lipinski definition) is 2.